The monoisotopic (exact) mass is 478 g/mol. The zero-order chi connectivity index (χ0) is 24.6. The van der Waals surface area contributed by atoms with Crippen LogP contribution in [0.2, 0.25) is 0 Å². The molecular formula is C25H21F3N6O. The predicted octanol–water partition coefficient (Wildman–Crippen LogP) is 5.20. The van der Waals surface area contributed by atoms with Crippen LogP contribution in [0, 0.1) is 6.92 Å². The summed E-state index contributed by atoms with van der Waals surface area (Å²) >= 11 is 0. The number of rotatable bonds is 5. The van der Waals surface area contributed by atoms with E-state index in [-0.39, 0.29) is 5.56 Å². The third-order valence-electron chi connectivity index (χ3n) is 5.59. The van der Waals surface area contributed by atoms with Gasteiger partial charge in [0.1, 0.15) is 5.69 Å². The van der Waals surface area contributed by atoms with Crippen LogP contribution < -0.4 is 4.74 Å². The lowest BCUT2D eigenvalue weighted by Crippen LogP contribution is -2.14. The molecule has 178 valence electrons. The molecule has 0 aliphatic carbocycles. The average Bonchev–Trinajstić information content (AvgIpc) is 3.47. The Labute approximate surface area is 199 Å². The van der Waals surface area contributed by atoms with Gasteiger partial charge in [-0.25, -0.2) is 19.6 Å². The predicted molar refractivity (Wildman–Crippen MR) is 125 cm³/mol. The molecule has 0 fully saturated rings. The highest BCUT2D eigenvalue weighted by molar-refractivity contribution is 5.79. The molecule has 0 saturated heterocycles. The molecule has 0 N–H and O–H groups in total. The van der Waals surface area contributed by atoms with E-state index in [9.17, 15) is 13.2 Å². The van der Waals surface area contributed by atoms with Crippen molar-refractivity contribution in [3.05, 3.63) is 89.2 Å². The highest BCUT2D eigenvalue weighted by atomic mass is 19.4. The summed E-state index contributed by atoms with van der Waals surface area (Å²) in [5, 5.41) is 4.47. The SMILES string of the molecule is COc1nc(/C=C/c2nc3n(n2)CCC=C3c2ccccc2C(F)(F)F)ccc1-n1cnc(C)c1. The van der Waals surface area contributed by atoms with Gasteiger partial charge in [-0.05, 0) is 49.3 Å². The van der Waals surface area contributed by atoms with E-state index < -0.39 is 11.7 Å². The molecule has 35 heavy (non-hydrogen) atoms. The van der Waals surface area contributed by atoms with Gasteiger partial charge < -0.3 is 9.30 Å². The molecule has 4 heterocycles. The summed E-state index contributed by atoms with van der Waals surface area (Å²) in [5.74, 6) is 1.21. The van der Waals surface area contributed by atoms with Crippen molar-refractivity contribution < 1.29 is 17.9 Å². The van der Waals surface area contributed by atoms with E-state index in [2.05, 4.69) is 20.1 Å². The number of imidazole rings is 1. The van der Waals surface area contributed by atoms with Gasteiger partial charge in [0.2, 0.25) is 5.88 Å². The number of ether oxygens (including phenoxy) is 1. The minimum Gasteiger partial charge on any atom is -0.479 e. The molecule has 3 aromatic heterocycles. The lowest BCUT2D eigenvalue weighted by molar-refractivity contribution is -0.137. The normalized spacial score (nSPS) is 13.7. The van der Waals surface area contributed by atoms with Crippen LogP contribution in [0.1, 0.15) is 40.6 Å². The van der Waals surface area contributed by atoms with Crippen LogP contribution in [-0.4, -0.2) is 36.4 Å². The highest BCUT2D eigenvalue weighted by Gasteiger charge is 2.35. The van der Waals surface area contributed by atoms with Crippen molar-refractivity contribution in [3.8, 4) is 11.6 Å². The topological polar surface area (TPSA) is 70.7 Å². The van der Waals surface area contributed by atoms with Crippen molar-refractivity contribution in [1.29, 1.82) is 0 Å². The fourth-order valence-corrected chi connectivity index (χ4v) is 4.00. The van der Waals surface area contributed by atoms with E-state index >= 15 is 0 Å². The number of aryl methyl sites for hydroxylation is 2. The number of alkyl halides is 3. The maximum absolute atomic E-state index is 13.6. The Morgan fingerprint density at radius 1 is 1.06 bits per heavy atom. The molecular weight excluding hydrogens is 457 g/mol. The molecule has 0 amide bonds. The van der Waals surface area contributed by atoms with Crippen LogP contribution >= 0.6 is 0 Å². The number of halogens is 3. The van der Waals surface area contributed by atoms with Gasteiger partial charge in [-0.2, -0.15) is 18.3 Å². The van der Waals surface area contributed by atoms with Crippen LogP contribution in [0.15, 0.2) is 55.0 Å². The average molecular weight is 478 g/mol. The van der Waals surface area contributed by atoms with E-state index in [0.29, 0.717) is 41.8 Å². The maximum atomic E-state index is 13.6. The van der Waals surface area contributed by atoms with E-state index in [1.807, 2.05) is 29.8 Å². The smallest absolute Gasteiger partial charge is 0.417 e. The molecule has 4 aromatic rings. The van der Waals surface area contributed by atoms with Gasteiger partial charge >= 0.3 is 6.18 Å². The van der Waals surface area contributed by atoms with Gasteiger partial charge in [0.25, 0.3) is 0 Å². The zero-order valence-electron chi connectivity index (χ0n) is 19.0. The standard InChI is InChI=1S/C25H21F3N6O/c1-16-14-33(15-29-16)21-11-9-17(30-24(21)35-2)10-12-22-31-23-19(7-5-13-34(23)32-22)18-6-3-4-8-20(18)25(26,27)28/h3-4,6-12,14-15H,5,13H2,1-2H3/b12-10+. The van der Waals surface area contributed by atoms with Crippen LogP contribution in [0.25, 0.3) is 23.4 Å². The molecule has 0 radical (unpaired) electrons. The Morgan fingerprint density at radius 2 is 1.89 bits per heavy atom. The van der Waals surface area contributed by atoms with Crippen molar-refractivity contribution in [2.45, 2.75) is 26.1 Å². The Balaban J connectivity index is 1.44. The number of fused-ring (bicyclic) bond motifs is 1. The van der Waals surface area contributed by atoms with Crippen LogP contribution in [-0.2, 0) is 12.7 Å². The van der Waals surface area contributed by atoms with Gasteiger partial charge in [0.15, 0.2) is 11.6 Å². The van der Waals surface area contributed by atoms with Crippen LogP contribution in [0.5, 0.6) is 5.88 Å². The molecule has 0 unspecified atom stereocenters. The number of aromatic nitrogens is 6. The van der Waals surface area contributed by atoms with Gasteiger partial charge in [-0.3, -0.25) is 0 Å². The summed E-state index contributed by atoms with van der Waals surface area (Å²) in [6, 6.07) is 9.22. The highest BCUT2D eigenvalue weighted by Crippen LogP contribution is 2.37. The number of pyridine rings is 1. The van der Waals surface area contributed by atoms with Crippen molar-refractivity contribution in [3.63, 3.8) is 0 Å². The molecule has 0 atom stereocenters. The van der Waals surface area contributed by atoms with Gasteiger partial charge in [0.05, 0.1) is 30.4 Å². The van der Waals surface area contributed by atoms with E-state index in [4.69, 9.17) is 4.74 Å². The van der Waals surface area contributed by atoms with Crippen molar-refractivity contribution in [2.75, 3.05) is 7.11 Å². The second-order valence-electron chi connectivity index (χ2n) is 7.99. The number of nitrogens with zero attached hydrogens (tertiary/aromatic N) is 6. The fourth-order valence-electron chi connectivity index (χ4n) is 4.00. The van der Waals surface area contributed by atoms with E-state index in [1.54, 1.807) is 42.4 Å². The van der Waals surface area contributed by atoms with E-state index in [1.165, 1.54) is 12.1 Å². The molecule has 1 aromatic carbocycles. The first-order valence-electron chi connectivity index (χ1n) is 10.9. The molecule has 0 spiro atoms. The van der Waals surface area contributed by atoms with Gasteiger partial charge in [0, 0.05) is 18.3 Å². The number of allylic oxidation sites excluding steroid dienone is 1. The second kappa shape index (κ2) is 8.86. The second-order valence-corrected chi connectivity index (χ2v) is 7.99. The summed E-state index contributed by atoms with van der Waals surface area (Å²) in [5.41, 5.74) is 2.07. The summed E-state index contributed by atoms with van der Waals surface area (Å²) in [7, 11) is 1.54. The Hall–Kier alpha value is -4.21. The lowest BCUT2D eigenvalue weighted by atomic mass is 9.96. The number of methoxy groups -OCH3 is 1. The first kappa shape index (κ1) is 22.6. The molecule has 0 saturated carbocycles. The van der Waals surface area contributed by atoms with Crippen LogP contribution in [0.3, 0.4) is 0 Å². The summed E-state index contributed by atoms with van der Waals surface area (Å²) in [6.45, 7) is 2.44. The molecule has 5 rings (SSSR count). The Bertz CT molecular complexity index is 1450. The Kier molecular flexibility index (Phi) is 5.72. The number of hydrogen-bond acceptors (Lipinski definition) is 5. The first-order valence-corrected chi connectivity index (χ1v) is 10.9. The lowest BCUT2D eigenvalue weighted by Gasteiger charge is -2.18. The third kappa shape index (κ3) is 4.46. The van der Waals surface area contributed by atoms with Gasteiger partial charge in [-0.1, -0.05) is 24.3 Å². The molecule has 10 heteroatoms. The summed E-state index contributed by atoms with van der Waals surface area (Å²) in [4.78, 5) is 13.3. The van der Waals surface area contributed by atoms with Crippen molar-refractivity contribution >= 4 is 17.7 Å². The molecule has 7 nitrogen and oxygen atoms in total. The quantitative estimate of drug-likeness (QED) is 0.394. The minimum absolute atomic E-state index is 0.0978. The van der Waals surface area contributed by atoms with Crippen LogP contribution in [0.4, 0.5) is 13.2 Å². The Morgan fingerprint density at radius 3 is 2.63 bits per heavy atom. The summed E-state index contributed by atoms with van der Waals surface area (Å²) in [6.07, 6.45) is 4.86. The van der Waals surface area contributed by atoms with Crippen molar-refractivity contribution in [1.82, 2.24) is 29.3 Å². The maximum Gasteiger partial charge on any atom is 0.417 e. The first-order chi connectivity index (χ1) is 16.8. The van der Waals surface area contributed by atoms with Gasteiger partial charge in [-0.15, -0.1) is 0 Å². The largest absolute Gasteiger partial charge is 0.479 e. The minimum atomic E-state index is -4.46. The molecule has 0 bridgehead atoms. The number of benzene rings is 1. The molecule has 1 aliphatic rings. The van der Waals surface area contributed by atoms with Crippen molar-refractivity contribution in [2.24, 2.45) is 0 Å². The number of hydrogen-bond donors (Lipinski definition) is 0. The summed E-state index contributed by atoms with van der Waals surface area (Å²) < 4.78 is 49.7. The third-order valence-corrected chi connectivity index (χ3v) is 5.59. The fraction of sp³-hybridized carbons (Fsp3) is 0.200. The molecule has 1 aliphatic heterocycles. The zero-order valence-corrected chi connectivity index (χ0v) is 19.0. The van der Waals surface area contributed by atoms with E-state index in [0.717, 1.165) is 17.4 Å².